The molecule has 0 saturated heterocycles. The zero-order chi connectivity index (χ0) is 12.3. The Hall–Kier alpha value is -0.500. The highest BCUT2D eigenvalue weighted by molar-refractivity contribution is 7.99. The molecular formula is C14H22OS. The Morgan fingerprint density at radius 2 is 2.19 bits per heavy atom. The van der Waals surface area contributed by atoms with E-state index < -0.39 is 0 Å². The van der Waals surface area contributed by atoms with E-state index in [0.717, 1.165) is 6.42 Å². The molecule has 0 fully saturated rings. The van der Waals surface area contributed by atoms with Crippen LogP contribution >= 0.6 is 11.8 Å². The first-order valence-corrected chi connectivity index (χ1v) is 7.09. The van der Waals surface area contributed by atoms with Gasteiger partial charge in [-0.3, -0.25) is 4.79 Å². The molecule has 0 bridgehead atoms. The van der Waals surface area contributed by atoms with Crippen molar-refractivity contribution in [1.82, 2.24) is 0 Å². The molecule has 0 N–H and O–H groups in total. The first kappa shape index (κ1) is 13.6. The lowest BCUT2D eigenvalue weighted by atomic mass is 9.73. The van der Waals surface area contributed by atoms with Crippen LogP contribution in [0.25, 0.3) is 0 Å². The van der Waals surface area contributed by atoms with E-state index in [9.17, 15) is 4.79 Å². The average molecular weight is 238 g/mol. The van der Waals surface area contributed by atoms with Crippen molar-refractivity contribution in [3.8, 4) is 0 Å². The van der Waals surface area contributed by atoms with Gasteiger partial charge in [0.15, 0.2) is 0 Å². The van der Waals surface area contributed by atoms with Crippen LogP contribution in [0.1, 0.15) is 40.5 Å². The Labute approximate surface area is 103 Å². The van der Waals surface area contributed by atoms with Gasteiger partial charge in [-0.05, 0) is 31.9 Å². The van der Waals surface area contributed by atoms with E-state index >= 15 is 0 Å². The van der Waals surface area contributed by atoms with Gasteiger partial charge in [0, 0.05) is 6.42 Å². The molecule has 1 nitrogen and oxygen atoms in total. The molecule has 1 aliphatic carbocycles. The van der Waals surface area contributed by atoms with Crippen molar-refractivity contribution >= 4 is 17.5 Å². The maximum Gasteiger partial charge on any atom is 0.149 e. The molecule has 0 amide bonds. The minimum absolute atomic E-state index is 0.113. The first-order valence-electron chi connectivity index (χ1n) is 5.81. The van der Waals surface area contributed by atoms with Gasteiger partial charge in [0.25, 0.3) is 0 Å². The quantitative estimate of drug-likeness (QED) is 0.736. The van der Waals surface area contributed by atoms with E-state index in [4.69, 9.17) is 0 Å². The van der Waals surface area contributed by atoms with E-state index in [1.165, 1.54) is 11.1 Å². The van der Waals surface area contributed by atoms with Crippen LogP contribution in [0, 0.1) is 5.41 Å². The van der Waals surface area contributed by atoms with Gasteiger partial charge in [0.2, 0.25) is 0 Å². The Balaban J connectivity index is 2.86. The largest absolute Gasteiger partial charge is 0.298 e. The van der Waals surface area contributed by atoms with Crippen LogP contribution in [0.2, 0.25) is 0 Å². The maximum atomic E-state index is 12.0. The molecule has 90 valence electrons. The standard InChI is InChI=1S/C14H22OS/c1-10-7-6-8-14(3,4)12(10)9-13(15)11(2)16-5/h6-7,11H,8-9H2,1-5H3. The fraction of sp³-hybridized carbons (Fsp3) is 0.643. The van der Waals surface area contributed by atoms with Crippen molar-refractivity contribution in [2.75, 3.05) is 6.26 Å². The molecule has 0 aromatic heterocycles. The number of carbonyl (C=O) groups excluding carboxylic acids is 1. The number of carbonyl (C=O) groups is 1. The zero-order valence-electron chi connectivity index (χ0n) is 11.0. The first-order chi connectivity index (χ1) is 7.38. The fourth-order valence-corrected chi connectivity index (χ4v) is 2.46. The smallest absolute Gasteiger partial charge is 0.149 e. The minimum atomic E-state index is 0.113. The van der Waals surface area contributed by atoms with Gasteiger partial charge < -0.3 is 0 Å². The molecule has 0 aliphatic heterocycles. The third-order valence-electron chi connectivity index (χ3n) is 3.45. The molecule has 0 aromatic rings. The topological polar surface area (TPSA) is 17.1 Å². The van der Waals surface area contributed by atoms with Gasteiger partial charge in [-0.2, -0.15) is 11.8 Å². The van der Waals surface area contributed by atoms with Gasteiger partial charge >= 0.3 is 0 Å². The summed E-state index contributed by atoms with van der Waals surface area (Å²) < 4.78 is 0. The number of hydrogen-bond acceptors (Lipinski definition) is 2. The number of ketones is 1. The van der Waals surface area contributed by atoms with Crippen LogP contribution < -0.4 is 0 Å². The normalized spacial score (nSPS) is 21.1. The van der Waals surface area contributed by atoms with Crippen molar-refractivity contribution in [3.05, 3.63) is 23.3 Å². The summed E-state index contributed by atoms with van der Waals surface area (Å²) in [6, 6.07) is 0. The fourth-order valence-electron chi connectivity index (χ4n) is 2.12. The maximum absolute atomic E-state index is 12.0. The molecular weight excluding hydrogens is 216 g/mol. The van der Waals surface area contributed by atoms with Gasteiger partial charge in [0.05, 0.1) is 5.25 Å². The molecule has 1 rings (SSSR count). The van der Waals surface area contributed by atoms with Gasteiger partial charge in [-0.1, -0.05) is 37.1 Å². The monoisotopic (exact) mass is 238 g/mol. The third-order valence-corrected chi connectivity index (χ3v) is 4.42. The van der Waals surface area contributed by atoms with Crippen LogP contribution in [0.15, 0.2) is 23.3 Å². The lowest BCUT2D eigenvalue weighted by Crippen LogP contribution is -2.23. The van der Waals surface area contributed by atoms with Crippen LogP contribution in [0.4, 0.5) is 0 Å². The zero-order valence-corrected chi connectivity index (χ0v) is 11.8. The predicted molar refractivity (Wildman–Crippen MR) is 72.8 cm³/mol. The molecule has 0 spiro atoms. The van der Waals surface area contributed by atoms with Crippen molar-refractivity contribution in [2.24, 2.45) is 5.41 Å². The SMILES string of the molecule is CSC(C)C(=O)CC1=C(C)C=CCC1(C)C. The van der Waals surface area contributed by atoms with Crippen LogP contribution in [0.5, 0.6) is 0 Å². The summed E-state index contributed by atoms with van der Waals surface area (Å²) in [7, 11) is 0. The van der Waals surface area contributed by atoms with E-state index in [-0.39, 0.29) is 10.7 Å². The highest BCUT2D eigenvalue weighted by Crippen LogP contribution is 2.39. The second kappa shape index (κ2) is 5.22. The van der Waals surface area contributed by atoms with Crippen molar-refractivity contribution < 1.29 is 4.79 Å². The van der Waals surface area contributed by atoms with Crippen LogP contribution in [-0.2, 0) is 4.79 Å². The van der Waals surface area contributed by atoms with E-state index in [1.54, 1.807) is 11.8 Å². The van der Waals surface area contributed by atoms with Gasteiger partial charge in [-0.25, -0.2) is 0 Å². The Kier molecular flexibility index (Phi) is 4.43. The molecule has 0 saturated carbocycles. The molecule has 1 aliphatic rings. The predicted octanol–water partition coefficient (Wildman–Crippen LogP) is 4.00. The molecule has 16 heavy (non-hydrogen) atoms. The van der Waals surface area contributed by atoms with Crippen molar-refractivity contribution in [3.63, 3.8) is 0 Å². The van der Waals surface area contributed by atoms with Crippen LogP contribution in [-0.4, -0.2) is 17.3 Å². The van der Waals surface area contributed by atoms with E-state index in [1.807, 2.05) is 13.2 Å². The number of hydrogen-bond donors (Lipinski definition) is 0. The number of rotatable bonds is 4. The number of allylic oxidation sites excluding steroid dienone is 4. The summed E-state index contributed by atoms with van der Waals surface area (Å²) >= 11 is 1.63. The summed E-state index contributed by atoms with van der Waals surface area (Å²) in [5.74, 6) is 0.352. The van der Waals surface area contributed by atoms with Crippen molar-refractivity contribution in [2.45, 2.75) is 45.8 Å². The number of thioether (sulfide) groups is 1. The highest BCUT2D eigenvalue weighted by Gasteiger charge is 2.28. The van der Waals surface area contributed by atoms with E-state index in [2.05, 4.69) is 32.9 Å². The lowest BCUT2D eigenvalue weighted by molar-refractivity contribution is -0.117. The van der Waals surface area contributed by atoms with E-state index in [0.29, 0.717) is 12.2 Å². The highest BCUT2D eigenvalue weighted by atomic mass is 32.2. The molecule has 0 aromatic carbocycles. The van der Waals surface area contributed by atoms with Gasteiger partial charge in [0.1, 0.15) is 5.78 Å². The summed E-state index contributed by atoms with van der Waals surface area (Å²) in [5.41, 5.74) is 2.74. The minimum Gasteiger partial charge on any atom is -0.298 e. The van der Waals surface area contributed by atoms with Crippen LogP contribution in [0.3, 0.4) is 0 Å². The average Bonchev–Trinajstić information content (AvgIpc) is 2.21. The second-order valence-electron chi connectivity index (χ2n) is 5.17. The molecule has 1 atom stereocenters. The molecule has 1 unspecified atom stereocenters. The third kappa shape index (κ3) is 3.00. The summed E-state index contributed by atoms with van der Waals surface area (Å²) in [6.45, 7) is 8.57. The number of Topliss-reactive ketones (excluding diaryl/α,β-unsaturated/α-hetero) is 1. The summed E-state index contributed by atoms with van der Waals surface area (Å²) in [6.07, 6.45) is 8.01. The van der Waals surface area contributed by atoms with Gasteiger partial charge in [-0.15, -0.1) is 0 Å². The molecule has 2 heteroatoms. The summed E-state index contributed by atoms with van der Waals surface area (Å²) in [4.78, 5) is 12.0. The Morgan fingerprint density at radius 1 is 1.56 bits per heavy atom. The van der Waals surface area contributed by atoms with Crippen molar-refractivity contribution in [1.29, 1.82) is 0 Å². The Morgan fingerprint density at radius 3 is 2.69 bits per heavy atom. The molecule has 0 heterocycles. The molecule has 0 radical (unpaired) electrons. The lowest BCUT2D eigenvalue weighted by Gasteiger charge is -2.31. The Bertz CT molecular complexity index is 337. The second-order valence-corrected chi connectivity index (χ2v) is 6.35. The summed E-state index contributed by atoms with van der Waals surface area (Å²) in [5, 5.41) is 0.113.